The number of nitrogens with zero attached hydrogens (tertiary/aromatic N) is 4. The van der Waals surface area contributed by atoms with Crippen LogP contribution in [0.5, 0.6) is 0 Å². The number of fused-ring (bicyclic) bond motifs is 2. The van der Waals surface area contributed by atoms with Crippen molar-refractivity contribution in [3.63, 3.8) is 0 Å². The minimum Gasteiger partial charge on any atom is -0.481 e. The van der Waals surface area contributed by atoms with Crippen LogP contribution in [0.15, 0.2) is 43.2 Å². The average molecular weight is 433 g/mol. The molecule has 3 heterocycles. The van der Waals surface area contributed by atoms with Crippen LogP contribution in [-0.4, -0.2) is 37.6 Å². The van der Waals surface area contributed by atoms with E-state index in [0.717, 1.165) is 22.0 Å². The zero-order valence-electron chi connectivity index (χ0n) is 18.9. The van der Waals surface area contributed by atoms with Crippen molar-refractivity contribution in [1.29, 1.82) is 0 Å². The third-order valence-corrected chi connectivity index (χ3v) is 6.16. The molecule has 1 atom stereocenters. The van der Waals surface area contributed by atoms with Gasteiger partial charge in [0, 0.05) is 36.4 Å². The lowest BCUT2D eigenvalue weighted by molar-refractivity contribution is -0.137. The third-order valence-electron chi connectivity index (χ3n) is 6.16. The van der Waals surface area contributed by atoms with Crippen molar-refractivity contribution in [2.75, 3.05) is 4.90 Å². The van der Waals surface area contributed by atoms with Crippen LogP contribution in [0.25, 0.3) is 16.6 Å². The van der Waals surface area contributed by atoms with Gasteiger partial charge >= 0.3 is 12.0 Å². The molecule has 0 radical (unpaired) electrons. The second-order valence-electron chi connectivity index (χ2n) is 8.46. The van der Waals surface area contributed by atoms with Gasteiger partial charge < -0.3 is 9.67 Å². The number of aromatic nitrogens is 2. The first-order valence-electron chi connectivity index (χ1n) is 10.7. The number of aryl methyl sites for hydroxylation is 3. The monoisotopic (exact) mass is 432 g/mol. The second-order valence-corrected chi connectivity index (χ2v) is 8.46. The molecular formula is C25H28N4O3. The van der Waals surface area contributed by atoms with E-state index in [1.54, 1.807) is 17.2 Å². The molecule has 0 bridgehead atoms. The Morgan fingerprint density at radius 1 is 1.28 bits per heavy atom. The zero-order chi connectivity index (χ0) is 23.2. The van der Waals surface area contributed by atoms with E-state index in [0.29, 0.717) is 30.0 Å². The maximum absolute atomic E-state index is 13.7. The summed E-state index contributed by atoms with van der Waals surface area (Å²) in [4.78, 5) is 32.9. The number of amides is 2. The number of benzene rings is 1. The largest absolute Gasteiger partial charge is 0.481 e. The van der Waals surface area contributed by atoms with Crippen molar-refractivity contribution in [2.45, 2.75) is 46.2 Å². The van der Waals surface area contributed by atoms with Crippen LogP contribution in [-0.2, 0) is 18.4 Å². The molecule has 2 aromatic heterocycles. The Hall–Kier alpha value is -3.61. The van der Waals surface area contributed by atoms with Crippen LogP contribution < -0.4 is 4.90 Å². The van der Waals surface area contributed by atoms with Gasteiger partial charge in [-0.3, -0.25) is 19.6 Å². The summed E-state index contributed by atoms with van der Waals surface area (Å²) in [6.45, 7) is 10.5. The number of anilines is 1. The topological polar surface area (TPSA) is 78.7 Å². The zero-order valence-corrected chi connectivity index (χ0v) is 18.9. The molecule has 0 spiro atoms. The third kappa shape index (κ3) is 3.53. The molecule has 7 nitrogen and oxygen atoms in total. The van der Waals surface area contributed by atoms with E-state index in [9.17, 15) is 14.7 Å². The first-order chi connectivity index (χ1) is 15.2. The molecule has 1 aromatic carbocycles. The summed E-state index contributed by atoms with van der Waals surface area (Å²) in [5.41, 5.74) is 6.22. The van der Waals surface area contributed by atoms with Crippen molar-refractivity contribution < 1.29 is 14.7 Å². The van der Waals surface area contributed by atoms with Crippen LogP contribution >= 0.6 is 0 Å². The van der Waals surface area contributed by atoms with E-state index in [2.05, 4.69) is 48.3 Å². The van der Waals surface area contributed by atoms with Crippen molar-refractivity contribution in [3.8, 4) is 0 Å². The number of carboxylic acid groups (broad SMARTS) is 1. The number of hydrogen-bond acceptors (Lipinski definition) is 3. The molecule has 1 N–H and O–H groups in total. The molecule has 0 fully saturated rings. The Morgan fingerprint density at radius 2 is 2.03 bits per heavy atom. The average Bonchev–Trinajstić information content (AvgIpc) is 3.05. The molecule has 1 aliphatic heterocycles. The Labute approximate surface area is 187 Å². The van der Waals surface area contributed by atoms with E-state index < -0.39 is 12.0 Å². The van der Waals surface area contributed by atoms with Gasteiger partial charge in [-0.25, -0.2) is 4.79 Å². The van der Waals surface area contributed by atoms with E-state index in [-0.39, 0.29) is 12.5 Å². The van der Waals surface area contributed by atoms with Crippen LogP contribution in [0.2, 0.25) is 0 Å². The Balaban J connectivity index is 1.82. The summed E-state index contributed by atoms with van der Waals surface area (Å²) in [7, 11) is 2.01. The highest BCUT2D eigenvalue weighted by Gasteiger charge is 2.38. The fourth-order valence-electron chi connectivity index (χ4n) is 4.75. The first-order valence-corrected chi connectivity index (χ1v) is 10.7. The number of urea groups is 1. The number of aliphatic carboxylic acids is 1. The van der Waals surface area contributed by atoms with E-state index in [1.807, 2.05) is 20.0 Å². The summed E-state index contributed by atoms with van der Waals surface area (Å²) in [5, 5.41) is 10.5. The van der Waals surface area contributed by atoms with Crippen LogP contribution in [0.3, 0.4) is 0 Å². The second kappa shape index (κ2) is 8.15. The number of pyridine rings is 1. The predicted octanol–water partition coefficient (Wildman–Crippen LogP) is 4.86. The van der Waals surface area contributed by atoms with Gasteiger partial charge in [0.2, 0.25) is 0 Å². The predicted molar refractivity (Wildman–Crippen MR) is 125 cm³/mol. The van der Waals surface area contributed by atoms with Gasteiger partial charge in [0.05, 0.1) is 24.4 Å². The highest BCUT2D eigenvalue weighted by Crippen LogP contribution is 2.38. The maximum Gasteiger partial charge on any atom is 0.329 e. The summed E-state index contributed by atoms with van der Waals surface area (Å²) in [6, 6.07) is 7.19. The molecular weight excluding hydrogens is 404 g/mol. The van der Waals surface area contributed by atoms with Crippen molar-refractivity contribution in [2.24, 2.45) is 7.05 Å². The van der Waals surface area contributed by atoms with E-state index >= 15 is 0 Å². The minimum atomic E-state index is -0.948. The smallest absolute Gasteiger partial charge is 0.329 e. The SMILES string of the molecule is C=C1c2ncccc2N(Cc2cn(C)c3cc(C)cc(C)c23)C(=O)N1C(CC)CC(=O)O. The van der Waals surface area contributed by atoms with Gasteiger partial charge in [-0.05, 0) is 55.2 Å². The van der Waals surface area contributed by atoms with Crippen LogP contribution in [0.1, 0.15) is 42.1 Å². The Bertz CT molecular complexity index is 1240. The first kappa shape index (κ1) is 21.6. The Kier molecular flexibility index (Phi) is 5.50. The van der Waals surface area contributed by atoms with Crippen molar-refractivity contribution in [1.82, 2.24) is 14.5 Å². The van der Waals surface area contributed by atoms with Crippen LogP contribution in [0, 0.1) is 13.8 Å². The van der Waals surface area contributed by atoms with Gasteiger partial charge in [-0.15, -0.1) is 0 Å². The maximum atomic E-state index is 13.7. The lowest BCUT2D eigenvalue weighted by Gasteiger charge is -2.41. The standard InChI is InChI=1S/C25H28N4O3/c1-6-19(12-22(30)31)29-17(4)24-20(8-7-9-26-24)28(25(29)32)14-18-13-27(5)21-11-15(2)10-16(3)23(18)21/h7-11,13,19H,4,6,12,14H2,1-3,5H3,(H,30,31). The summed E-state index contributed by atoms with van der Waals surface area (Å²) in [6.07, 6.45) is 4.07. The van der Waals surface area contributed by atoms with Crippen LogP contribution in [0.4, 0.5) is 10.5 Å². The van der Waals surface area contributed by atoms with Gasteiger partial charge in [-0.1, -0.05) is 19.6 Å². The molecule has 1 aliphatic rings. The number of hydrogen-bond donors (Lipinski definition) is 1. The highest BCUT2D eigenvalue weighted by atomic mass is 16.4. The molecule has 2 amide bonds. The number of carbonyl (C=O) groups is 2. The minimum absolute atomic E-state index is 0.149. The number of rotatable bonds is 6. The van der Waals surface area contributed by atoms with E-state index in [1.165, 1.54) is 10.5 Å². The molecule has 0 aliphatic carbocycles. The molecule has 166 valence electrons. The number of carboxylic acids is 1. The molecule has 1 unspecified atom stereocenters. The highest BCUT2D eigenvalue weighted by molar-refractivity contribution is 6.04. The molecule has 3 aromatic rings. The fourth-order valence-corrected chi connectivity index (χ4v) is 4.75. The molecule has 0 saturated carbocycles. The van der Waals surface area contributed by atoms with Gasteiger partial charge in [-0.2, -0.15) is 0 Å². The summed E-state index contributed by atoms with van der Waals surface area (Å²) in [5.74, 6) is -0.948. The quantitative estimate of drug-likeness (QED) is 0.604. The lowest BCUT2D eigenvalue weighted by Crippen LogP contribution is -2.50. The summed E-state index contributed by atoms with van der Waals surface area (Å²) < 4.78 is 2.08. The van der Waals surface area contributed by atoms with Gasteiger partial charge in [0.15, 0.2) is 0 Å². The van der Waals surface area contributed by atoms with Crippen molar-refractivity contribution in [3.05, 3.63) is 65.6 Å². The lowest BCUT2D eigenvalue weighted by atomic mass is 10.0. The normalized spacial score (nSPS) is 14.8. The van der Waals surface area contributed by atoms with Gasteiger partial charge in [0.25, 0.3) is 0 Å². The van der Waals surface area contributed by atoms with Crippen molar-refractivity contribution >= 4 is 34.3 Å². The number of carbonyl (C=O) groups excluding carboxylic acids is 1. The fraction of sp³-hybridized carbons (Fsp3) is 0.320. The van der Waals surface area contributed by atoms with Gasteiger partial charge in [0.1, 0.15) is 5.69 Å². The molecule has 32 heavy (non-hydrogen) atoms. The molecule has 7 heteroatoms. The van der Waals surface area contributed by atoms with E-state index in [4.69, 9.17) is 0 Å². The Morgan fingerprint density at radius 3 is 2.72 bits per heavy atom. The molecule has 0 saturated heterocycles. The molecule has 4 rings (SSSR count). The summed E-state index contributed by atoms with van der Waals surface area (Å²) >= 11 is 0.